The van der Waals surface area contributed by atoms with Crippen molar-refractivity contribution in [2.75, 3.05) is 13.2 Å². The van der Waals surface area contributed by atoms with Gasteiger partial charge in [-0.05, 0) is 24.1 Å². The molecule has 0 radical (unpaired) electrons. The molecule has 146 valence electrons. The average molecular weight is 386 g/mol. The maximum Gasteiger partial charge on any atom is 0.422 e. The Bertz CT molecular complexity index is 778. The molecule has 0 bridgehead atoms. The van der Waals surface area contributed by atoms with Crippen LogP contribution in [0.25, 0.3) is 11.1 Å². The van der Waals surface area contributed by atoms with Crippen molar-refractivity contribution in [2.45, 2.75) is 32.2 Å². The highest BCUT2D eigenvalue weighted by molar-refractivity contribution is 5.65. The Morgan fingerprint density at radius 2 is 1.59 bits per heavy atom. The molecule has 2 aromatic rings. The van der Waals surface area contributed by atoms with Crippen LogP contribution in [0.1, 0.15) is 37.2 Å². The lowest BCUT2D eigenvalue weighted by Gasteiger charge is -2.29. The van der Waals surface area contributed by atoms with Gasteiger partial charge in [-0.15, -0.1) is 0 Å². The first-order valence-electron chi connectivity index (χ1n) is 8.70. The molecular formula is C20H19F5O2. The van der Waals surface area contributed by atoms with Gasteiger partial charge in [0.2, 0.25) is 0 Å². The second kappa shape index (κ2) is 7.94. The van der Waals surface area contributed by atoms with E-state index in [0.29, 0.717) is 30.8 Å². The second-order valence-electron chi connectivity index (χ2n) is 6.56. The zero-order valence-corrected chi connectivity index (χ0v) is 14.7. The minimum Gasteiger partial charge on any atom is -0.348 e. The fourth-order valence-corrected chi connectivity index (χ4v) is 3.17. The molecule has 0 N–H and O–H groups in total. The van der Waals surface area contributed by atoms with E-state index in [9.17, 15) is 22.0 Å². The fourth-order valence-electron chi connectivity index (χ4n) is 3.17. The normalized spacial score (nSPS) is 20.7. The monoisotopic (exact) mass is 386 g/mol. The van der Waals surface area contributed by atoms with Gasteiger partial charge < -0.3 is 9.47 Å². The molecule has 0 amide bonds. The summed E-state index contributed by atoms with van der Waals surface area (Å²) >= 11 is 0. The number of halogens is 5. The highest BCUT2D eigenvalue weighted by atomic mass is 19.4. The van der Waals surface area contributed by atoms with Crippen molar-refractivity contribution >= 4 is 0 Å². The summed E-state index contributed by atoms with van der Waals surface area (Å²) in [5.41, 5.74) is -1.30. The molecule has 0 spiro atoms. The second-order valence-corrected chi connectivity index (χ2v) is 6.56. The molecule has 1 aliphatic heterocycles. The van der Waals surface area contributed by atoms with E-state index >= 15 is 0 Å². The Balaban J connectivity index is 1.81. The van der Waals surface area contributed by atoms with Crippen molar-refractivity contribution in [1.82, 2.24) is 0 Å². The van der Waals surface area contributed by atoms with Crippen molar-refractivity contribution in [3.63, 3.8) is 0 Å². The van der Waals surface area contributed by atoms with E-state index in [-0.39, 0.29) is 11.1 Å². The fraction of sp³-hybridized carbons (Fsp3) is 0.400. The van der Waals surface area contributed by atoms with E-state index in [2.05, 4.69) is 6.92 Å². The Kier molecular flexibility index (Phi) is 5.81. The van der Waals surface area contributed by atoms with Crippen molar-refractivity contribution in [3.05, 3.63) is 59.2 Å². The molecule has 0 unspecified atom stereocenters. The van der Waals surface area contributed by atoms with Gasteiger partial charge in [0.05, 0.1) is 13.2 Å². The molecule has 0 aromatic heterocycles. The van der Waals surface area contributed by atoms with Crippen LogP contribution < -0.4 is 0 Å². The lowest BCUT2D eigenvalue weighted by molar-refractivity contribution is -0.206. The maximum atomic E-state index is 14.3. The van der Waals surface area contributed by atoms with Gasteiger partial charge in [0.15, 0.2) is 6.29 Å². The van der Waals surface area contributed by atoms with E-state index < -0.39 is 29.7 Å². The van der Waals surface area contributed by atoms with E-state index in [4.69, 9.17) is 9.47 Å². The molecular weight excluding hydrogens is 367 g/mol. The Morgan fingerprint density at radius 1 is 0.963 bits per heavy atom. The predicted molar refractivity (Wildman–Crippen MR) is 89.8 cm³/mol. The molecule has 2 aromatic carbocycles. The van der Waals surface area contributed by atoms with Gasteiger partial charge in [-0.3, -0.25) is 0 Å². The van der Waals surface area contributed by atoms with Gasteiger partial charge in [-0.2, -0.15) is 13.2 Å². The topological polar surface area (TPSA) is 18.5 Å². The summed E-state index contributed by atoms with van der Waals surface area (Å²) in [4.78, 5) is 0. The molecule has 0 saturated carbocycles. The highest BCUT2D eigenvalue weighted by Gasteiger charge is 2.38. The minimum atomic E-state index is -5.11. The number of hydrogen-bond acceptors (Lipinski definition) is 2. The minimum absolute atomic E-state index is 0.210. The Hall–Kier alpha value is -1.99. The summed E-state index contributed by atoms with van der Waals surface area (Å²) < 4.78 is 77.7. The van der Waals surface area contributed by atoms with Gasteiger partial charge in [-0.25, -0.2) is 8.78 Å². The number of rotatable bonds is 4. The Morgan fingerprint density at radius 3 is 2.15 bits per heavy atom. The summed E-state index contributed by atoms with van der Waals surface area (Å²) in [5, 5.41) is 0. The van der Waals surface area contributed by atoms with Crippen LogP contribution in [0.4, 0.5) is 22.0 Å². The molecule has 2 nitrogen and oxygen atoms in total. The van der Waals surface area contributed by atoms with Crippen LogP contribution in [0.5, 0.6) is 0 Å². The zero-order chi connectivity index (χ0) is 19.6. The summed E-state index contributed by atoms with van der Waals surface area (Å²) in [7, 11) is 0. The van der Waals surface area contributed by atoms with E-state index in [1.54, 1.807) is 12.1 Å². The van der Waals surface area contributed by atoms with Gasteiger partial charge in [0, 0.05) is 17.0 Å². The van der Waals surface area contributed by atoms with Crippen LogP contribution in [0, 0.1) is 17.6 Å². The molecule has 0 atom stereocenters. The van der Waals surface area contributed by atoms with Crippen LogP contribution in [0.3, 0.4) is 0 Å². The first-order chi connectivity index (χ1) is 12.8. The van der Waals surface area contributed by atoms with Crippen LogP contribution in [0.2, 0.25) is 0 Å². The summed E-state index contributed by atoms with van der Waals surface area (Å²) in [6.45, 7) is 3.23. The number of alkyl halides is 3. The van der Waals surface area contributed by atoms with Gasteiger partial charge in [-0.1, -0.05) is 37.6 Å². The molecule has 27 heavy (non-hydrogen) atoms. The smallest absolute Gasteiger partial charge is 0.348 e. The first kappa shape index (κ1) is 19.8. The molecule has 7 heteroatoms. The van der Waals surface area contributed by atoms with E-state index in [1.807, 2.05) is 0 Å². The SMILES string of the molecule is CCCC1COC(c2ccc(-c3ccc(F)c(C(F)(F)F)c3F)cc2)OC1. The zero-order valence-electron chi connectivity index (χ0n) is 14.7. The van der Waals surface area contributed by atoms with Crippen LogP contribution in [-0.2, 0) is 15.7 Å². The van der Waals surface area contributed by atoms with Crippen molar-refractivity contribution in [3.8, 4) is 11.1 Å². The Labute approximate surface area is 153 Å². The standard InChI is InChI=1S/C20H19F5O2/c1-2-3-12-10-26-19(27-11-12)14-6-4-13(5-7-14)15-8-9-16(21)17(18(15)22)20(23,24)25/h4-9,12,19H,2-3,10-11H2,1H3. The van der Waals surface area contributed by atoms with Crippen LogP contribution in [0.15, 0.2) is 36.4 Å². The molecule has 3 rings (SSSR count). The average Bonchev–Trinajstić information content (AvgIpc) is 2.62. The predicted octanol–water partition coefficient (Wildman–Crippen LogP) is 6.11. The van der Waals surface area contributed by atoms with Crippen molar-refractivity contribution in [1.29, 1.82) is 0 Å². The van der Waals surface area contributed by atoms with Crippen molar-refractivity contribution < 1.29 is 31.4 Å². The van der Waals surface area contributed by atoms with Gasteiger partial charge >= 0.3 is 6.18 Å². The highest BCUT2D eigenvalue weighted by Crippen LogP contribution is 2.38. The van der Waals surface area contributed by atoms with Crippen molar-refractivity contribution in [2.24, 2.45) is 5.92 Å². The molecule has 1 saturated heterocycles. The van der Waals surface area contributed by atoms with Gasteiger partial charge in [0.25, 0.3) is 0 Å². The molecule has 1 heterocycles. The quantitative estimate of drug-likeness (QED) is 0.590. The maximum absolute atomic E-state index is 14.3. The lowest BCUT2D eigenvalue weighted by atomic mass is 9.99. The molecule has 1 aliphatic rings. The summed E-state index contributed by atoms with van der Waals surface area (Å²) in [6.07, 6.45) is -3.61. The van der Waals surface area contributed by atoms with Crippen LogP contribution >= 0.6 is 0 Å². The largest absolute Gasteiger partial charge is 0.422 e. The van der Waals surface area contributed by atoms with E-state index in [1.165, 1.54) is 12.1 Å². The number of hydrogen-bond donors (Lipinski definition) is 0. The third-order valence-corrected chi connectivity index (χ3v) is 4.53. The van der Waals surface area contributed by atoms with E-state index in [0.717, 1.165) is 18.9 Å². The summed E-state index contributed by atoms with van der Waals surface area (Å²) in [6, 6.07) is 7.77. The van der Waals surface area contributed by atoms with Gasteiger partial charge in [0.1, 0.15) is 17.2 Å². The third kappa shape index (κ3) is 4.30. The lowest BCUT2D eigenvalue weighted by Crippen LogP contribution is -2.26. The first-order valence-corrected chi connectivity index (χ1v) is 8.70. The third-order valence-electron chi connectivity index (χ3n) is 4.53. The van der Waals surface area contributed by atoms with Crippen LogP contribution in [-0.4, -0.2) is 13.2 Å². The number of benzene rings is 2. The molecule has 0 aliphatic carbocycles. The number of ether oxygens (including phenoxy) is 2. The molecule has 1 fully saturated rings. The summed E-state index contributed by atoms with van der Waals surface area (Å²) in [5.74, 6) is -2.91.